The Bertz CT molecular complexity index is 1210. The maximum Gasteiger partial charge on any atom is 0.338 e. The van der Waals surface area contributed by atoms with Crippen LogP contribution < -0.4 is 0 Å². The Balaban J connectivity index is 2.03. The van der Waals surface area contributed by atoms with Crippen molar-refractivity contribution in [3.05, 3.63) is 97.6 Å². The molecule has 0 fully saturated rings. The maximum absolute atomic E-state index is 13.5. The molecule has 0 radical (unpaired) electrons. The van der Waals surface area contributed by atoms with Gasteiger partial charge < -0.3 is 9.84 Å². The molecule has 0 aliphatic heterocycles. The molecule has 1 unspecified atom stereocenters. The first-order valence-electron chi connectivity index (χ1n) is 9.14. The number of hydrogen-bond donors (Lipinski definition) is 1. The lowest BCUT2D eigenvalue weighted by atomic mass is 9.91. The summed E-state index contributed by atoms with van der Waals surface area (Å²) in [5, 5.41) is 14.4. The first-order valence-corrected chi connectivity index (χ1v) is 10.8. The van der Waals surface area contributed by atoms with Crippen LogP contribution in [0.3, 0.4) is 0 Å². The smallest absolute Gasteiger partial charge is 0.338 e. The normalized spacial score (nSPS) is 17.8. The second-order valence-corrected chi connectivity index (χ2v) is 8.48. The molecule has 2 aromatic carbocycles. The van der Waals surface area contributed by atoms with Gasteiger partial charge in [-0.1, -0.05) is 47.5 Å². The summed E-state index contributed by atoms with van der Waals surface area (Å²) >= 11 is 13.2. The summed E-state index contributed by atoms with van der Waals surface area (Å²) in [6, 6.07) is 13.1. The average molecular weight is 472 g/mol. The van der Waals surface area contributed by atoms with Crippen LogP contribution in [0.15, 0.2) is 71.4 Å². The number of methoxy groups -OCH3 is 1. The molecule has 156 valence electrons. The third-order valence-electron chi connectivity index (χ3n) is 4.91. The number of halogens is 2. The van der Waals surface area contributed by atoms with E-state index in [1.807, 2.05) is 0 Å². The summed E-state index contributed by atoms with van der Waals surface area (Å²) in [4.78, 5) is 30.6. The van der Waals surface area contributed by atoms with Crippen molar-refractivity contribution in [3.63, 3.8) is 0 Å². The zero-order valence-corrected chi connectivity index (χ0v) is 18.5. The number of ketones is 1. The summed E-state index contributed by atoms with van der Waals surface area (Å²) in [6.45, 7) is 0. The second-order valence-electron chi connectivity index (χ2n) is 6.69. The number of carbonyl (C=O) groups excluding carboxylic acids is 2. The predicted molar refractivity (Wildman–Crippen MR) is 121 cm³/mol. The number of benzene rings is 2. The van der Waals surface area contributed by atoms with Crippen LogP contribution in [0.2, 0.25) is 10.0 Å². The van der Waals surface area contributed by atoms with Crippen molar-refractivity contribution in [2.75, 3.05) is 7.11 Å². The largest absolute Gasteiger partial charge is 0.507 e. The fourth-order valence-electron chi connectivity index (χ4n) is 3.54. The van der Waals surface area contributed by atoms with Gasteiger partial charge in [0.25, 0.3) is 0 Å². The molecular formula is C23H15Cl2NO4S. The molecule has 1 atom stereocenters. The summed E-state index contributed by atoms with van der Waals surface area (Å²) in [7, 11) is 1.24. The fourth-order valence-corrected chi connectivity index (χ4v) is 4.53. The molecule has 4 rings (SSSR count). The van der Waals surface area contributed by atoms with E-state index in [1.54, 1.807) is 60.1 Å². The maximum atomic E-state index is 13.5. The average Bonchev–Trinajstić information content (AvgIpc) is 3.37. The number of carbonyl (C=O) groups is 2. The van der Waals surface area contributed by atoms with Gasteiger partial charge in [-0.05, 0) is 35.4 Å². The zero-order chi connectivity index (χ0) is 22.1. The van der Waals surface area contributed by atoms with E-state index in [-0.39, 0.29) is 28.3 Å². The lowest BCUT2D eigenvalue weighted by Crippen LogP contribution is -2.14. The van der Waals surface area contributed by atoms with E-state index < -0.39 is 11.9 Å². The molecular weight excluding hydrogens is 457 g/mol. The first-order chi connectivity index (χ1) is 14.9. The fraction of sp³-hybridized carbons (Fsp3) is 0.0870. The molecule has 0 bridgehead atoms. The van der Waals surface area contributed by atoms with Crippen molar-refractivity contribution < 1.29 is 19.4 Å². The number of hydrogen-bond acceptors (Lipinski definition) is 6. The van der Waals surface area contributed by atoms with Gasteiger partial charge in [0.05, 0.1) is 18.3 Å². The van der Waals surface area contributed by atoms with Crippen LogP contribution in [-0.4, -0.2) is 29.0 Å². The predicted octanol–water partition coefficient (Wildman–Crippen LogP) is 5.71. The van der Waals surface area contributed by atoms with Crippen molar-refractivity contribution in [1.82, 2.24) is 4.98 Å². The number of ether oxygens (including phenoxy) is 1. The molecule has 8 heteroatoms. The Morgan fingerprint density at radius 3 is 2.23 bits per heavy atom. The van der Waals surface area contributed by atoms with Crippen LogP contribution in [0.1, 0.15) is 22.1 Å². The van der Waals surface area contributed by atoms with E-state index in [2.05, 4.69) is 4.98 Å². The monoisotopic (exact) mass is 471 g/mol. The first kappa shape index (κ1) is 21.3. The van der Waals surface area contributed by atoms with Crippen molar-refractivity contribution in [3.8, 4) is 0 Å². The van der Waals surface area contributed by atoms with E-state index in [4.69, 9.17) is 27.9 Å². The van der Waals surface area contributed by atoms with Crippen molar-refractivity contribution >= 4 is 57.4 Å². The number of rotatable bonds is 4. The molecule has 3 aromatic rings. The van der Waals surface area contributed by atoms with Crippen molar-refractivity contribution in [2.45, 2.75) is 5.92 Å². The lowest BCUT2D eigenvalue weighted by Gasteiger charge is -2.15. The Morgan fingerprint density at radius 2 is 1.68 bits per heavy atom. The Hall–Kier alpha value is -2.93. The van der Waals surface area contributed by atoms with Gasteiger partial charge >= 0.3 is 5.97 Å². The Labute approximate surface area is 192 Å². The van der Waals surface area contributed by atoms with Gasteiger partial charge in [-0.3, -0.25) is 4.79 Å². The zero-order valence-electron chi connectivity index (χ0n) is 16.1. The van der Waals surface area contributed by atoms with Crippen molar-refractivity contribution in [1.29, 1.82) is 0 Å². The van der Waals surface area contributed by atoms with Crippen LogP contribution in [0.25, 0.3) is 11.1 Å². The van der Waals surface area contributed by atoms with E-state index >= 15 is 0 Å². The quantitative estimate of drug-likeness (QED) is 0.389. The van der Waals surface area contributed by atoms with Crippen LogP contribution in [0, 0.1) is 0 Å². The third-order valence-corrected chi connectivity index (χ3v) is 6.26. The van der Waals surface area contributed by atoms with Gasteiger partial charge in [0, 0.05) is 27.2 Å². The Kier molecular flexibility index (Phi) is 5.96. The van der Waals surface area contributed by atoms with Gasteiger partial charge in [-0.15, -0.1) is 11.3 Å². The van der Waals surface area contributed by atoms with Crippen LogP contribution >= 0.6 is 34.5 Å². The van der Waals surface area contributed by atoms with Gasteiger partial charge in [-0.25, -0.2) is 9.78 Å². The molecule has 1 aliphatic carbocycles. The number of esters is 1. The molecule has 0 amide bonds. The molecule has 5 nitrogen and oxygen atoms in total. The second kappa shape index (κ2) is 8.67. The highest BCUT2D eigenvalue weighted by Gasteiger charge is 2.44. The number of aromatic nitrogens is 1. The van der Waals surface area contributed by atoms with Gasteiger partial charge in [0.1, 0.15) is 16.7 Å². The summed E-state index contributed by atoms with van der Waals surface area (Å²) in [6.07, 6.45) is 1.57. The highest BCUT2D eigenvalue weighted by molar-refractivity contribution is 7.09. The SMILES string of the molecule is COC(=O)/C(=C1/C(O)=C(c2ccc(Cl)cc2)C(=O)C1c1nccs1)c1ccc(Cl)cc1. The molecule has 1 aromatic heterocycles. The minimum Gasteiger partial charge on any atom is -0.507 e. The van der Waals surface area contributed by atoms with E-state index in [9.17, 15) is 14.7 Å². The number of thiazole rings is 1. The van der Waals surface area contributed by atoms with Crippen LogP contribution in [0.4, 0.5) is 0 Å². The van der Waals surface area contributed by atoms with E-state index in [1.165, 1.54) is 18.4 Å². The van der Waals surface area contributed by atoms with Gasteiger partial charge in [-0.2, -0.15) is 0 Å². The van der Waals surface area contributed by atoms with E-state index in [0.29, 0.717) is 26.2 Å². The van der Waals surface area contributed by atoms with Gasteiger partial charge in [0.15, 0.2) is 5.78 Å². The molecule has 31 heavy (non-hydrogen) atoms. The molecule has 1 N–H and O–H groups in total. The molecule has 0 saturated carbocycles. The molecule has 0 spiro atoms. The number of aliphatic hydroxyl groups excluding tert-OH is 1. The van der Waals surface area contributed by atoms with Crippen LogP contribution in [-0.2, 0) is 14.3 Å². The Morgan fingerprint density at radius 1 is 1.06 bits per heavy atom. The number of Topliss-reactive ketones (excluding diaryl/α,β-unsaturated/α-hetero) is 1. The number of aliphatic hydroxyl groups is 1. The molecule has 0 saturated heterocycles. The molecule has 1 heterocycles. The topological polar surface area (TPSA) is 76.5 Å². The minimum absolute atomic E-state index is 0.0779. The summed E-state index contributed by atoms with van der Waals surface area (Å²) < 4.78 is 5.01. The third kappa shape index (κ3) is 3.90. The highest BCUT2D eigenvalue weighted by Crippen LogP contribution is 2.47. The van der Waals surface area contributed by atoms with Gasteiger partial charge in [0.2, 0.25) is 0 Å². The summed E-state index contributed by atoms with van der Waals surface area (Å²) in [5.74, 6) is -2.28. The lowest BCUT2D eigenvalue weighted by molar-refractivity contribution is -0.133. The number of nitrogens with zero attached hydrogens (tertiary/aromatic N) is 1. The minimum atomic E-state index is -0.949. The van der Waals surface area contributed by atoms with Crippen molar-refractivity contribution in [2.24, 2.45) is 0 Å². The number of allylic oxidation sites excluding steroid dienone is 2. The molecule has 1 aliphatic rings. The van der Waals surface area contributed by atoms with Crippen LogP contribution in [0.5, 0.6) is 0 Å². The standard InChI is InChI=1S/C23H15Cl2NO4S/c1-30-23(29)16(12-2-6-14(24)7-3-12)18-19(22-26-10-11-31-22)21(28)17(20(18)27)13-4-8-15(25)9-5-13/h2-11,19,27H,1H3/b18-16+. The summed E-state index contributed by atoms with van der Waals surface area (Å²) in [5.41, 5.74) is 1.28. The van der Waals surface area contributed by atoms with E-state index in [0.717, 1.165) is 0 Å². The highest BCUT2D eigenvalue weighted by atomic mass is 35.5.